The average Bonchev–Trinajstić information content (AvgIpc) is 3.63. The van der Waals surface area contributed by atoms with Crippen molar-refractivity contribution in [1.82, 2.24) is 9.88 Å². The molecule has 2 aliphatic heterocycles. The molecule has 0 spiro atoms. The lowest BCUT2D eigenvalue weighted by Crippen LogP contribution is -2.56. The zero-order valence-corrected chi connectivity index (χ0v) is 19.9. The maximum absolute atomic E-state index is 10.6. The summed E-state index contributed by atoms with van der Waals surface area (Å²) >= 11 is 0. The molecule has 3 aliphatic rings. The van der Waals surface area contributed by atoms with Gasteiger partial charge in [0.25, 0.3) is 0 Å². The number of pyridine rings is 1. The number of piperidine rings is 1. The van der Waals surface area contributed by atoms with Crippen LogP contribution in [-0.4, -0.2) is 83.4 Å². The van der Waals surface area contributed by atoms with Crippen LogP contribution in [0.15, 0.2) is 24.5 Å². The summed E-state index contributed by atoms with van der Waals surface area (Å²) in [4.78, 5) is 24.5. The Bertz CT molecular complexity index is 842. The van der Waals surface area contributed by atoms with Gasteiger partial charge in [-0.2, -0.15) is 26.3 Å². The molecule has 4 rings (SSSR count). The summed E-state index contributed by atoms with van der Waals surface area (Å²) in [5.41, 5.74) is 1.56. The standard InChI is InChI=1S/C19H28N2O2.2C2HF3O2/c1-7-19(15-22-13-17-2-3-17)14-21(10-6-18(19)23-11-1)12-16-4-8-20-9-5-16;2*3-2(4,5)1(6)7/h4-5,8-9,17-18H,1-3,6-7,10-15H2;2*(H,6,7). The van der Waals surface area contributed by atoms with E-state index in [-0.39, 0.29) is 5.41 Å². The van der Waals surface area contributed by atoms with Crippen molar-refractivity contribution in [1.29, 1.82) is 0 Å². The summed E-state index contributed by atoms with van der Waals surface area (Å²) in [6.07, 6.45) is 0.284. The minimum Gasteiger partial charge on any atom is -0.475 e. The molecular weight excluding hydrogens is 514 g/mol. The van der Waals surface area contributed by atoms with Gasteiger partial charge in [-0.3, -0.25) is 9.88 Å². The van der Waals surface area contributed by atoms with Crippen LogP contribution in [0.2, 0.25) is 0 Å². The van der Waals surface area contributed by atoms with E-state index < -0.39 is 24.3 Å². The third kappa shape index (κ3) is 10.8. The van der Waals surface area contributed by atoms with Gasteiger partial charge >= 0.3 is 24.3 Å². The molecule has 2 atom stereocenters. The van der Waals surface area contributed by atoms with Gasteiger partial charge in [-0.1, -0.05) is 0 Å². The number of fused-ring (bicyclic) bond motifs is 1. The van der Waals surface area contributed by atoms with Gasteiger partial charge in [0.2, 0.25) is 0 Å². The van der Waals surface area contributed by atoms with Crippen molar-refractivity contribution >= 4 is 11.9 Å². The van der Waals surface area contributed by atoms with Crippen LogP contribution in [0.25, 0.3) is 0 Å². The molecule has 3 heterocycles. The maximum Gasteiger partial charge on any atom is 0.490 e. The van der Waals surface area contributed by atoms with E-state index in [2.05, 4.69) is 22.0 Å². The van der Waals surface area contributed by atoms with Gasteiger partial charge in [0, 0.05) is 50.7 Å². The normalized spacial score (nSPS) is 24.0. The van der Waals surface area contributed by atoms with E-state index in [1.54, 1.807) is 0 Å². The predicted octanol–water partition coefficient (Wildman–Crippen LogP) is 4.15. The zero-order valence-electron chi connectivity index (χ0n) is 19.9. The lowest BCUT2D eigenvalue weighted by molar-refractivity contribution is -0.193. The molecule has 1 saturated carbocycles. The first-order valence-electron chi connectivity index (χ1n) is 11.6. The van der Waals surface area contributed by atoms with Crippen molar-refractivity contribution in [2.75, 3.05) is 32.9 Å². The monoisotopic (exact) mass is 544 g/mol. The molecule has 0 aromatic carbocycles. The van der Waals surface area contributed by atoms with Crippen molar-refractivity contribution in [3.8, 4) is 0 Å². The molecular formula is C23H30F6N2O6. The van der Waals surface area contributed by atoms with Crippen molar-refractivity contribution in [3.63, 3.8) is 0 Å². The Labute approximate surface area is 209 Å². The molecule has 1 aromatic rings. The lowest BCUT2D eigenvalue weighted by atomic mass is 9.73. The summed E-state index contributed by atoms with van der Waals surface area (Å²) in [5, 5.41) is 14.2. The Balaban J connectivity index is 0.000000286. The number of nitrogens with zero attached hydrogens (tertiary/aromatic N) is 2. The highest BCUT2D eigenvalue weighted by Crippen LogP contribution is 2.41. The molecule has 14 heteroatoms. The predicted molar refractivity (Wildman–Crippen MR) is 116 cm³/mol. The molecule has 2 unspecified atom stereocenters. The second-order valence-electron chi connectivity index (χ2n) is 9.24. The van der Waals surface area contributed by atoms with Crippen LogP contribution in [0.5, 0.6) is 0 Å². The fraction of sp³-hybridized carbons (Fsp3) is 0.696. The number of rotatable bonds is 6. The van der Waals surface area contributed by atoms with Crippen molar-refractivity contribution in [2.24, 2.45) is 11.3 Å². The van der Waals surface area contributed by atoms with Gasteiger partial charge in [0.15, 0.2) is 0 Å². The van der Waals surface area contributed by atoms with Crippen LogP contribution >= 0.6 is 0 Å². The Morgan fingerprint density at radius 1 is 1.05 bits per heavy atom. The van der Waals surface area contributed by atoms with E-state index in [1.807, 2.05) is 12.4 Å². The fourth-order valence-corrected chi connectivity index (χ4v) is 4.19. The van der Waals surface area contributed by atoms with Crippen LogP contribution in [0.1, 0.15) is 37.7 Å². The van der Waals surface area contributed by atoms with Crippen molar-refractivity contribution < 1.29 is 55.6 Å². The van der Waals surface area contributed by atoms with Crippen LogP contribution in [0, 0.1) is 11.3 Å². The number of likely N-dealkylation sites (tertiary alicyclic amines) is 1. The van der Waals surface area contributed by atoms with Gasteiger partial charge in [0.05, 0.1) is 12.7 Å². The Kier molecular flexibility index (Phi) is 11.1. The van der Waals surface area contributed by atoms with E-state index in [1.165, 1.54) is 31.2 Å². The Hall–Kier alpha value is -2.45. The molecule has 8 nitrogen and oxygen atoms in total. The third-order valence-corrected chi connectivity index (χ3v) is 6.15. The highest BCUT2D eigenvalue weighted by molar-refractivity contribution is 5.73. The van der Waals surface area contributed by atoms with Crippen LogP contribution in [0.4, 0.5) is 26.3 Å². The molecule has 2 saturated heterocycles. The highest BCUT2D eigenvalue weighted by atomic mass is 19.4. The van der Waals surface area contributed by atoms with E-state index in [0.29, 0.717) is 6.10 Å². The average molecular weight is 544 g/mol. The molecule has 0 bridgehead atoms. The minimum atomic E-state index is -5.08. The summed E-state index contributed by atoms with van der Waals surface area (Å²) < 4.78 is 75.8. The number of carboxylic acid groups (broad SMARTS) is 2. The van der Waals surface area contributed by atoms with E-state index in [9.17, 15) is 26.3 Å². The number of aromatic nitrogens is 1. The van der Waals surface area contributed by atoms with E-state index >= 15 is 0 Å². The second kappa shape index (κ2) is 13.4. The summed E-state index contributed by atoms with van der Waals surface area (Å²) in [6.45, 7) is 6.00. The van der Waals surface area contributed by atoms with E-state index in [4.69, 9.17) is 29.3 Å². The first-order valence-corrected chi connectivity index (χ1v) is 11.6. The minimum absolute atomic E-state index is 0.207. The topological polar surface area (TPSA) is 109 Å². The molecule has 0 radical (unpaired) electrons. The molecule has 1 aliphatic carbocycles. The van der Waals surface area contributed by atoms with E-state index in [0.717, 1.165) is 51.8 Å². The number of aliphatic carboxylic acids is 2. The first kappa shape index (κ1) is 30.8. The summed E-state index contributed by atoms with van der Waals surface area (Å²) in [5.74, 6) is -4.68. The van der Waals surface area contributed by atoms with Crippen LogP contribution < -0.4 is 0 Å². The molecule has 2 N–H and O–H groups in total. The quantitative estimate of drug-likeness (QED) is 0.515. The molecule has 37 heavy (non-hydrogen) atoms. The van der Waals surface area contributed by atoms with Gasteiger partial charge in [0.1, 0.15) is 0 Å². The number of carbonyl (C=O) groups is 2. The fourth-order valence-electron chi connectivity index (χ4n) is 4.19. The number of hydrogen-bond acceptors (Lipinski definition) is 6. The number of alkyl halides is 6. The number of halogens is 6. The lowest BCUT2D eigenvalue weighted by Gasteiger charge is -2.50. The molecule has 0 amide bonds. The third-order valence-electron chi connectivity index (χ3n) is 6.15. The van der Waals surface area contributed by atoms with Crippen molar-refractivity contribution in [3.05, 3.63) is 30.1 Å². The first-order chi connectivity index (χ1) is 17.2. The van der Waals surface area contributed by atoms with Crippen LogP contribution in [0.3, 0.4) is 0 Å². The van der Waals surface area contributed by atoms with Gasteiger partial charge in [-0.15, -0.1) is 0 Å². The largest absolute Gasteiger partial charge is 0.490 e. The molecule has 210 valence electrons. The SMILES string of the molecule is O=C(O)C(F)(F)F.O=C(O)C(F)(F)F.c1cc(CN2CCC3OCCCC3(COCC3CC3)C2)ccn1. The maximum atomic E-state index is 10.6. The zero-order chi connectivity index (χ0) is 27.7. The number of carboxylic acids is 2. The second-order valence-corrected chi connectivity index (χ2v) is 9.24. The van der Waals surface area contributed by atoms with Crippen molar-refractivity contribution in [2.45, 2.75) is 57.1 Å². The number of hydrogen-bond donors (Lipinski definition) is 2. The smallest absolute Gasteiger partial charge is 0.475 e. The van der Waals surface area contributed by atoms with Gasteiger partial charge < -0.3 is 19.7 Å². The molecule has 1 aromatic heterocycles. The molecule has 3 fully saturated rings. The number of ether oxygens (including phenoxy) is 2. The Morgan fingerprint density at radius 3 is 2.14 bits per heavy atom. The summed E-state index contributed by atoms with van der Waals surface area (Å²) in [6, 6.07) is 4.25. The summed E-state index contributed by atoms with van der Waals surface area (Å²) in [7, 11) is 0. The van der Waals surface area contributed by atoms with Crippen LogP contribution in [-0.2, 0) is 25.6 Å². The van der Waals surface area contributed by atoms with Gasteiger partial charge in [-0.05, 0) is 55.7 Å². The Morgan fingerprint density at radius 2 is 1.62 bits per heavy atom. The highest BCUT2D eigenvalue weighted by Gasteiger charge is 2.46. The van der Waals surface area contributed by atoms with Gasteiger partial charge in [-0.25, -0.2) is 9.59 Å².